The second-order valence-electron chi connectivity index (χ2n) is 4.67. The summed E-state index contributed by atoms with van der Waals surface area (Å²) in [5.74, 6) is -1.21. The number of hydrogen-bond donors (Lipinski definition) is 2. The third-order valence-corrected chi connectivity index (χ3v) is 3.32. The van der Waals surface area contributed by atoms with E-state index in [1.807, 2.05) is 0 Å². The summed E-state index contributed by atoms with van der Waals surface area (Å²) < 4.78 is 13.0. The van der Waals surface area contributed by atoms with Crippen LogP contribution in [0.4, 0.5) is 10.1 Å². The van der Waals surface area contributed by atoms with Gasteiger partial charge in [0, 0.05) is 5.69 Å². The summed E-state index contributed by atoms with van der Waals surface area (Å²) in [7, 11) is 0. The van der Waals surface area contributed by atoms with Crippen LogP contribution in [-0.4, -0.2) is 18.4 Å². The number of halogens is 2. The maximum absolute atomic E-state index is 13.0. The second-order valence-corrected chi connectivity index (χ2v) is 5.08. The van der Waals surface area contributed by atoms with E-state index >= 15 is 0 Å². The van der Waals surface area contributed by atoms with Crippen LogP contribution in [0.3, 0.4) is 0 Å². The molecule has 0 unspecified atom stereocenters. The fraction of sp³-hybridized carbons (Fsp3) is 0.125. The Bertz CT molecular complexity index is 719. The third kappa shape index (κ3) is 4.05. The van der Waals surface area contributed by atoms with Gasteiger partial charge in [0.15, 0.2) is 0 Å². The van der Waals surface area contributed by atoms with E-state index in [2.05, 4.69) is 10.6 Å². The Morgan fingerprint density at radius 3 is 2.59 bits per heavy atom. The maximum atomic E-state index is 13.0. The van der Waals surface area contributed by atoms with Crippen LogP contribution in [0.5, 0.6) is 0 Å². The molecule has 4 nitrogen and oxygen atoms in total. The van der Waals surface area contributed by atoms with Crippen molar-refractivity contribution in [1.29, 1.82) is 0 Å². The molecule has 2 rings (SSSR count). The minimum absolute atomic E-state index is 0.207. The molecule has 0 aliphatic carbocycles. The number of carbonyl (C=O) groups is 2. The molecule has 0 aromatic heterocycles. The molecule has 2 amide bonds. The van der Waals surface area contributed by atoms with Crippen LogP contribution in [0.15, 0.2) is 42.5 Å². The molecule has 2 aromatic carbocycles. The van der Waals surface area contributed by atoms with Gasteiger partial charge in [0.05, 0.1) is 17.1 Å². The lowest BCUT2D eigenvalue weighted by molar-refractivity contribution is -0.115. The van der Waals surface area contributed by atoms with Crippen LogP contribution in [0.25, 0.3) is 0 Å². The normalized spacial score (nSPS) is 10.1. The molecule has 0 aliphatic rings. The van der Waals surface area contributed by atoms with Crippen LogP contribution >= 0.6 is 11.6 Å². The van der Waals surface area contributed by atoms with E-state index in [0.717, 1.165) is 0 Å². The van der Waals surface area contributed by atoms with Gasteiger partial charge in [0.25, 0.3) is 5.91 Å². The zero-order valence-corrected chi connectivity index (χ0v) is 12.6. The number of amides is 2. The van der Waals surface area contributed by atoms with Crippen LogP contribution in [0.2, 0.25) is 5.02 Å². The Balaban J connectivity index is 1.93. The first-order valence-electron chi connectivity index (χ1n) is 6.56. The Morgan fingerprint density at radius 1 is 1.18 bits per heavy atom. The summed E-state index contributed by atoms with van der Waals surface area (Å²) in [6, 6.07) is 10.6. The first-order valence-corrected chi connectivity index (χ1v) is 6.94. The predicted octanol–water partition coefficient (Wildman–Crippen LogP) is 3.16. The van der Waals surface area contributed by atoms with E-state index in [9.17, 15) is 14.0 Å². The monoisotopic (exact) mass is 320 g/mol. The summed E-state index contributed by atoms with van der Waals surface area (Å²) in [6.45, 7) is 1.47. The summed E-state index contributed by atoms with van der Waals surface area (Å²) >= 11 is 5.90. The van der Waals surface area contributed by atoms with Crippen molar-refractivity contribution in [2.24, 2.45) is 0 Å². The van der Waals surface area contributed by atoms with Gasteiger partial charge in [-0.3, -0.25) is 9.59 Å². The summed E-state index contributed by atoms with van der Waals surface area (Å²) in [5.41, 5.74) is 1.40. The van der Waals surface area contributed by atoms with Crippen molar-refractivity contribution in [3.05, 3.63) is 64.4 Å². The van der Waals surface area contributed by atoms with Crippen molar-refractivity contribution < 1.29 is 14.0 Å². The van der Waals surface area contributed by atoms with Gasteiger partial charge in [-0.05, 0) is 42.8 Å². The fourth-order valence-electron chi connectivity index (χ4n) is 1.86. The topological polar surface area (TPSA) is 58.2 Å². The summed E-state index contributed by atoms with van der Waals surface area (Å²) in [4.78, 5) is 23.7. The van der Waals surface area contributed by atoms with Crippen LogP contribution in [-0.2, 0) is 4.79 Å². The molecule has 0 atom stereocenters. The molecular formula is C16H14ClFN2O2. The average molecular weight is 321 g/mol. The Kier molecular flexibility index (Phi) is 5.12. The number of carbonyl (C=O) groups excluding carboxylic acids is 2. The van der Waals surface area contributed by atoms with E-state index in [1.54, 1.807) is 31.2 Å². The van der Waals surface area contributed by atoms with Gasteiger partial charge >= 0.3 is 0 Å². The number of hydrogen-bond acceptors (Lipinski definition) is 2. The molecule has 0 saturated heterocycles. The predicted molar refractivity (Wildman–Crippen MR) is 83.6 cm³/mol. The van der Waals surface area contributed by atoms with E-state index < -0.39 is 11.8 Å². The molecule has 0 fully saturated rings. The second kappa shape index (κ2) is 7.04. The minimum Gasteiger partial charge on any atom is -0.343 e. The summed E-state index contributed by atoms with van der Waals surface area (Å²) in [5, 5.41) is 5.40. The van der Waals surface area contributed by atoms with Crippen molar-refractivity contribution in [3.8, 4) is 0 Å². The molecule has 0 radical (unpaired) electrons. The lowest BCUT2D eigenvalue weighted by Crippen LogP contribution is -2.33. The first-order chi connectivity index (χ1) is 10.5. The Labute approximate surface area is 132 Å². The molecular weight excluding hydrogens is 307 g/mol. The zero-order valence-electron chi connectivity index (χ0n) is 11.8. The highest BCUT2D eigenvalue weighted by atomic mass is 35.5. The maximum Gasteiger partial charge on any atom is 0.253 e. The van der Waals surface area contributed by atoms with Gasteiger partial charge in [0.2, 0.25) is 5.91 Å². The quantitative estimate of drug-likeness (QED) is 0.909. The van der Waals surface area contributed by atoms with E-state index in [1.165, 1.54) is 18.2 Å². The van der Waals surface area contributed by atoms with Gasteiger partial charge in [0.1, 0.15) is 5.82 Å². The number of rotatable bonds is 4. The van der Waals surface area contributed by atoms with Gasteiger partial charge < -0.3 is 10.6 Å². The van der Waals surface area contributed by atoms with Crippen molar-refractivity contribution in [1.82, 2.24) is 5.32 Å². The molecule has 0 bridgehead atoms. The molecule has 0 heterocycles. The third-order valence-electron chi connectivity index (χ3n) is 2.99. The molecule has 6 heteroatoms. The largest absolute Gasteiger partial charge is 0.343 e. The molecule has 114 valence electrons. The van der Waals surface area contributed by atoms with Crippen LogP contribution in [0, 0.1) is 12.7 Å². The zero-order chi connectivity index (χ0) is 16.1. The molecule has 0 aliphatic heterocycles. The molecule has 0 saturated carbocycles. The highest BCUT2D eigenvalue weighted by Crippen LogP contribution is 2.16. The van der Waals surface area contributed by atoms with Crippen molar-refractivity contribution in [2.75, 3.05) is 11.9 Å². The van der Waals surface area contributed by atoms with Crippen LogP contribution < -0.4 is 10.6 Å². The van der Waals surface area contributed by atoms with Gasteiger partial charge in [-0.15, -0.1) is 0 Å². The highest BCUT2D eigenvalue weighted by Gasteiger charge is 2.11. The minimum atomic E-state index is -0.434. The van der Waals surface area contributed by atoms with Crippen molar-refractivity contribution >= 4 is 29.1 Å². The SMILES string of the molecule is Cc1cc(F)ccc1NC(=O)CNC(=O)c1ccccc1Cl. The fourth-order valence-corrected chi connectivity index (χ4v) is 2.08. The standard InChI is InChI=1S/C16H14ClFN2O2/c1-10-8-11(18)6-7-14(10)20-15(21)9-19-16(22)12-4-2-3-5-13(12)17/h2-8H,9H2,1H3,(H,19,22)(H,20,21). The number of aryl methyl sites for hydroxylation is 1. The average Bonchev–Trinajstić information content (AvgIpc) is 2.48. The lowest BCUT2D eigenvalue weighted by atomic mass is 10.2. The number of anilines is 1. The molecule has 0 spiro atoms. The van der Waals surface area contributed by atoms with Crippen molar-refractivity contribution in [3.63, 3.8) is 0 Å². The highest BCUT2D eigenvalue weighted by molar-refractivity contribution is 6.33. The van der Waals surface area contributed by atoms with E-state index in [-0.39, 0.29) is 12.4 Å². The summed E-state index contributed by atoms with van der Waals surface area (Å²) in [6.07, 6.45) is 0. The Hall–Kier alpha value is -2.40. The number of benzene rings is 2. The molecule has 22 heavy (non-hydrogen) atoms. The van der Waals surface area contributed by atoms with Gasteiger partial charge in [-0.2, -0.15) is 0 Å². The lowest BCUT2D eigenvalue weighted by Gasteiger charge is -2.10. The van der Waals surface area contributed by atoms with E-state index in [4.69, 9.17) is 11.6 Å². The molecule has 2 aromatic rings. The van der Waals surface area contributed by atoms with Crippen molar-refractivity contribution in [2.45, 2.75) is 6.92 Å². The Morgan fingerprint density at radius 2 is 1.91 bits per heavy atom. The smallest absolute Gasteiger partial charge is 0.253 e. The van der Waals surface area contributed by atoms with Gasteiger partial charge in [-0.1, -0.05) is 23.7 Å². The van der Waals surface area contributed by atoms with Gasteiger partial charge in [-0.25, -0.2) is 4.39 Å². The molecule has 2 N–H and O–H groups in total. The first kappa shape index (κ1) is 16.0. The van der Waals surface area contributed by atoms with E-state index in [0.29, 0.717) is 21.8 Å². The number of nitrogens with one attached hydrogen (secondary N) is 2. The van der Waals surface area contributed by atoms with Crippen LogP contribution in [0.1, 0.15) is 15.9 Å².